The number of benzene rings is 1. The minimum atomic E-state index is 0.100. The van der Waals surface area contributed by atoms with Crippen LogP contribution in [0, 0.1) is 5.92 Å². The largest absolute Gasteiger partial charge is 0.371 e. The number of rotatable bonds is 4. The number of nitrogens with two attached hydrogens (primary N) is 2. The normalized spacial score (nSPS) is 23.5. The molecule has 4 rings (SSSR count). The van der Waals surface area contributed by atoms with E-state index in [1.165, 1.54) is 79.8 Å². The molecular weight excluding hydrogens is 348 g/mol. The second kappa shape index (κ2) is 8.70. The van der Waals surface area contributed by atoms with E-state index in [0.717, 1.165) is 25.3 Å². The van der Waals surface area contributed by atoms with Crippen LogP contribution in [0.5, 0.6) is 0 Å². The van der Waals surface area contributed by atoms with Gasteiger partial charge in [0.05, 0.1) is 6.04 Å². The number of nitrogens with one attached hydrogen (secondary N) is 1. The van der Waals surface area contributed by atoms with Gasteiger partial charge in [-0.1, -0.05) is 18.9 Å². The van der Waals surface area contributed by atoms with Crippen molar-refractivity contribution in [3.63, 3.8) is 0 Å². The van der Waals surface area contributed by atoms with Crippen molar-refractivity contribution in [3.05, 3.63) is 28.8 Å². The maximum Gasteiger partial charge on any atom is 0.205 e. The molecule has 1 heterocycles. The van der Waals surface area contributed by atoms with Crippen LogP contribution >= 0.6 is 0 Å². The van der Waals surface area contributed by atoms with Crippen LogP contribution in [0.25, 0.3) is 0 Å². The summed E-state index contributed by atoms with van der Waals surface area (Å²) in [6.07, 6.45) is 12.8. The first-order valence-corrected chi connectivity index (χ1v) is 11.1. The van der Waals surface area contributed by atoms with Gasteiger partial charge in [0.25, 0.3) is 0 Å². The highest BCUT2D eigenvalue weighted by molar-refractivity contribution is 5.78. The predicted octanol–water partition coefficient (Wildman–Crippen LogP) is 3.02. The van der Waals surface area contributed by atoms with Crippen molar-refractivity contribution >= 4 is 11.6 Å². The van der Waals surface area contributed by atoms with E-state index in [1.54, 1.807) is 12.6 Å². The third-order valence-electron chi connectivity index (χ3n) is 6.64. The first-order chi connectivity index (χ1) is 13.6. The van der Waals surface area contributed by atoms with E-state index in [1.807, 2.05) is 0 Å². The zero-order valence-corrected chi connectivity index (χ0v) is 17.3. The highest BCUT2D eigenvalue weighted by Crippen LogP contribution is 2.40. The Morgan fingerprint density at radius 1 is 1.11 bits per heavy atom. The molecular formula is C22H36N6. The van der Waals surface area contributed by atoms with Gasteiger partial charge in [-0.25, -0.2) is 4.99 Å². The van der Waals surface area contributed by atoms with E-state index in [0.29, 0.717) is 5.96 Å². The standard InChI is InChI=1S/C22H36N6/c1-27(24)26-22(23)25-20-11-6-12-28(15-16-7-2-3-8-16)21-14-18-10-5-4-9-17(18)13-19(20)21/h13-14,16,20H,2-12,15,24H2,1H3,(H3,23,25,26). The number of aryl methyl sites for hydroxylation is 2. The molecule has 0 spiro atoms. The SMILES string of the molecule is CN(N)NC(N)=NC1CCCN(CC2CCCC2)c2cc3c(cc21)CCCC3. The fourth-order valence-corrected chi connectivity index (χ4v) is 5.29. The Morgan fingerprint density at radius 3 is 2.54 bits per heavy atom. The molecule has 2 aliphatic carbocycles. The smallest absolute Gasteiger partial charge is 0.205 e. The summed E-state index contributed by atoms with van der Waals surface area (Å²) >= 11 is 0. The Kier molecular flexibility index (Phi) is 6.07. The lowest BCUT2D eigenvalue weighted by molar-refractivity contribution is 0.302. The molecule has 1 fully saturated rings. The lowest BCUT2D eigenvalue weighted by Gasteiger charge is -2.30. The van der Waals surface area contributed by atoms with Gasteiger partial charge >= 0.3 is 0 Å². The molecule has 1 aromatic carbocycles. The molecule has 6 heteroatoms. The number of fused-ring (bicyclic) bond motifs is 2. The number of hydrogen-bond donors (Lipinski definition) is 3. The summed E-state index contributed by atoms with van der Waals surface area (Å²) in [4.78, 5) is 7.49. The lowest BCUT2D eigenvalue weighted by Crippen LogP contribution is -2.47. The Labute approximate surface area is 169 Å². The van der Waals surface area contributed by atoms with Gasteiger partial charge in [0.2, 0.25) is 5.96 Å². The minimum Gasteiger partial charge on any atom is -0.371 e. The molecule has 28 heavy (non-hydrogen) atoms. The molecule has 0 bridgehead atoms. The molecule has 5 N–H and O–H groups in total. The maximum absolute atomic E-state index is 6.12. The van der Waals surface area contributed by atoms with Crippen LogP contribution in [0.2, 0.25) is 0 Å². The molecule has 0 aromatic heterocycles. The van der Waals surface area contributed by atoms with E-state index in [4.69, 9.17) is 16.6 Å². The first-order valence-electron chi connectivity index (χ1n) is 11.1. The third kappa shape index (κ3) is 4.44. The first kappa shape index (κ1) is 19.5. The van der Waals surface area contributed by atoms with Crippen LogP contribution in [-0.4, -0.2) is 31.2 Å². The van der Waals surface area contributed by atoms with Crippen molar-refractivity contribution in [2.75, 3.05) is 25.0 Å². The molecule has 3 aliphatic rings. The fourth-order valence-electron chi connectivity index (χ4n) is 5.29. The topological polar surface area (TPSA) is 82.9 Å². The molecule has 0 radical (unpaired) electrons. The molecule has 0 amide bonds. The summed E-state index contributed by atoms with van der Waals surface area (Å²) in [5.41, 5.74) is 14.9. The van der Waals surface area contributed by atoms with Crippen molar-refractivity contribution in [1.29, 1.82) is 0 Å². The highest BCUT2D eigenvalue weighted by atomic mass is 15.7. The summed E-state index contributed by atoms with van der Waals surface area (Å²) in [5.74, 6) is 6.92. The fraction of sp³-hybridized carbons (Fsp3) is 0.682. The summed E-state index contributed by atoms with van der Waals surface area (Å²) in [6.45, 7) is 2.32. The molecule has 1 atom stereocenters. The van der Waals surface area contributed by atoms with Crippen molar-refractivity contribution < 1.29 is 0 Å². The van der Waals surface area contributed by atoms with E-state index >= 15 is 0 Å². The summed E-state index contributed by atoms with van der Waals surface area (Å²) in [5, 5.41) is 1.36. The van der Waals surface area contributed by atoms with Gasteiger partial charge in [0.15, 0.2) is 0 Å². The van der Waals surface area contributed by atoms with Crippen LogP contribution in [-0.2, 0) is 12.8 Å². The van der Waals surface area contributed by atoms with Crippen molar-refractivity contribution in [2.24, 2.45) is 22.5 Å². The quantitative estimate of drug-likeness (QED) is 0.322. The van der Waals surface area contributed by atoms with Gasteiger partial charge in [-0.05, 0) is 74.5 Å². The van der Waals surface area contributed by atoms with E-state index in [9.17, 15) is 0 Å². The lowest BCUT2D eigenvalue weighted by atomic mass is 9.87. The average Bonchev–Trinajstić information content (AvgIpc) is 3.12. The third-order valence-corrected chi connectivity index (χ3v) is 6.64. The van der Waals surface area contributed by atoms with Crippen LogP contribution in [0.3, 0.4) is 0 Å². The van der Waals surface area contributed by atoms with Gasteiger partial charge in [0, 0.05) is 31.4 Å². The average molecular weight is 385 g/mol. The molecule has 1 aliphatic heterocycles. The Balaban J connectivity index is 1.68. The van der Waals surface area contributed by atoms with Crippen molar-refractivity contribution in [3.8, 4) is 0 Å². The second-order valence-corrected chi connectivity index (χ2v) is 8.88. The van der Waals surface area contributed by atoms with E-state index in [2.05, 4.69) is 22.5 Å². The van der Waals surface area contributed by atoms with Crippen LogP contribution in [0.1, 0.15) is 74.1 Å². The van der Waals surface area contributed by atoms with Gasteiger partial charge in [-0.3, -0.25) is 11.3 Å². The number of anilines is 1. The van der Waals surface area contributed by atoms with Gasteiger partial charge in [-0.15, -0.1) is 0 Å². The summed E-state index contributed by atoms with van der Waals surface area (Å²) in [6, 6.07) is 5.04. The second-order valence-electron chi connectivity index (χ2n) is 8.88. The minimum absolute atomic E-state index is 0.100. The van der Waals surface area contributed by atoms with E-state index in [-0.39, 0.29) is 6.04 Å². The number of guanidine groups is 1. The molecule has 0 saturated heterocycles. The van der Waals surface area contributed by atoms with E-state index < -0.39 is 0 Å². The molecule has 6 nitrogen and oxygen atoms in total. The van der Waals surface area contributed by atoms with Crippen LogP contribution in [0.4, 0.5) is 5.69 Å². The highest BCUT2D eigenvalue weighted by Gasteiger charge is 2.28. The number of aliphatic imine (C=N–C) groups is 1. The zero-order chi connectivity index (χ0) is 19.5. The van der Waals surface area contributed by atoms with Crippen molar-refractivity contribution in [1.82, 2.24) is 10.5 Å². The number of hydrogen-bond acceptors (Lipinski definition) is 4. The molecule has 1 unspecified atom stereocenters. The Morgan fingerprint density at radius 2 is 1.82 bits per heavy atom. The monoisotopic (exact) mass is 384 g/mol. The molecule has 154 valence electrons. The van der Waals surface area contributed by atoms with Crippen LogP contribution in [0.15, 0.2) is 17.1 Å². The summed E-state index contributed by atoms with van der Waals surface area (Å²) < 4.78 is 0. The predicted molar refractivity (Wildman–Crippen MR) is 116 cm³/mol. The van der Waals surface area contributed by atoms with Gasteiger partial charge in [-0.2, -0.15) is 5.12 Å². The Bertz CT molecular complexity index is 707. The molecule has 1 aromatic rings. The zero-order valence-electron chi connectivity index (χ0n) is 17.3. The number of hydrazine groups is 2. The summed E-state index contributed by atoms with van der Waals surface area (Å²) in [7, 11) is 1.73. The van der Waals surface area contributed by atoms with Crippen LogP contribution < -0.4 is 21.9 Å². The van der Waals surface area contributed by atoms with Crippen molar-refractivity contribution in [2.45, 2.75) is 70.3 Å². The Hall–Kier alpha value is -1.79. The number of nitrogens with zero attached hydrogens (tertiary/aromatic N) is 3. The van der Waals surface area contributed by atoms with Gasteiger partial charge < -0.3 is 10.6 Å². The maximum atomic E-state index is 6.12. The van der Waals surface area contributed by atoms with Gasteiger partial charge in [0.1, 0.15) is 0 Å². The molecule has 1 saturated carbocycles.